The molecule has 0 radical (unpaired) electrons. The standard InChI is InChI=1S/C26H38N2O4S/c1-3-14-33-15-4-12-28-13-10-19(20(18-28)16-26(30)31)5-8-25(29)22-9-11-27-24-7-6-21(32-2)17-23(22)24/h6-7,9,11,17,19-20,25,29H,3-5,8,10,12-16,18H2,1-2H3,(H,30,31)/t19-,20+,25?/m1/s1. The van der Waals surface area contributed by atoms with Crippen molar-refractivity contribution in [3.63, 3.8) is 0 Å². The maximum Gasteiger partial charge on any atom is 0.303 e. The van der Waals surface area contributed by atoms with Gasteiger partial charge in [-0.1, -0.05) is 6.92 Å². The van der Waals surface area contributed by atoms with Gasteiger partial charge in [0, 0.05) is 24.5 Å². The van der Waals surface area contributed by atoms with Crippen LogP contribution in [0.15, 0.2) is 30.5 Å². The molecule has 1 aliphatic rings. The van der Waals surface area contributed by atoms with E-state index in [0.29, 0.717) is 12.3 Å². The molecule has 2 heterocycles. The summed E-state index contributed by atoms with van der Waals surface area (Å²) in [6.07, 6.45) is 6.14. The minimum absolute atomic E-state index is 0.140. The number of aliphatic hydroxyl groups excluding tert-OH is 1. The number of hydrogen-bond donors (Lipinski definition) is 2. The molecule has 1 aromatic carbocycles. The van der Waals surface area contributed by atoms with Crippen LogP contribution in [0.25, 0.3) is 10.9 Å². The lowest BCUT2D eigenvalue weighted by Crippen LogP contribution is -2.42. The molecule has 2 N–H and O–H groups in total. The number of fused-ring (bicyclic) bond motifs is 1. The van der Waals surface area contributed by atoms with Crippen LogP contribution >= 0.6 is 11.8 Å². The van der Waals surface area contributed by atoms with Crippen LogP contribution in [0.4, 0.5) is 0 Å². The van der Waals surface area contributed by atoms with Crippen LogP contribution in [0.5, 0.6) is 5.75 Å². The van der Waals surface area contributed by atoms with Crippen LogP contribution in [0.1, 0.15) is 57.1 Å². The number of methoxy groups -OCH3 is 1. The number of thioether (sulfide) groups is 1. The van der Waals surface area contributed by atoms with Crippen LogP contribution in [0.2, 0.25) is 0 Å². The normalized spacial score (nSPS) is 20.1. The van der Waals surface area contributed by atoms with E-state index in [1.54, 1.807) is 13.3 Å². The number of aromatic nitrogens is 1. The van der Waals surface area contributed by atoms with Crippen molar-refractivity contribution in [1.82, 2.24) is 9.88 Å². The number of carboxylic acids is 1. The molecule has 1 saturated heterocycles. The van der Waals surface area contributed by atoms with E-state index in [9.17, 15) is 15.0 Å². The summed E-state index contributed by atoms with van der Waals surface area (Å²) in [5.41, 5.74) is 1.69. The highest BCUT2D eigenvalue weighted by atomic mass is 32.2. The quantitative estimate of drug-likeness (QED) is 0.395. The summed E-state index contributed by atoms with van der Waals surface area (Å²) in [5.74, 6) is 2.87. The number of aliphatic hydroxyl groups is 1. The Bertz CT molecular complexity index is 894. The minimum atomic E-state index is -0.724. The number of hydrogen-bond acceptors (Lipinski definition) is 6. The second-order valence-electron chi connectivity index (χ2n) is 9.05. The Balaban J connectivity index is 1.59. The van der Waals surface area contributed by atoms with E-state index in [1.807, 2.05) is 36.0 Å². The van der Waals surface area contributed by atoms with Crippen molar-refractivity contribution < 1.29 is 19.7 Å². The molecule has 7 heteroatoms. The van der Waals surface area contributed by atoms with Gasteiger partial charge in [0.15, 0.2) is 0 Å². The predicted molar refractivity (Wildman–Crippen MR) is 135 cm³/mol. The second kappa shape index (κ2) is 13.2. The number of ether oxygens (including phenoxy) is 1. The van der Waals surface area contributed by atoms with Crippen molar-refractivity contribution in [2.75, 3.05) is 38.2 Å². The van der Waals surface area contributed by atoms with Gasteiger partial charge in [-0.3, -0.25) is 9.78 Å². The van der Waals surface area contributed by atoms with E-state index in [0.717, 1.165) is 61.1 Å². The molecule has 3 atom stereocenters. The van der Waals surface area contributed by atoms with Crippen molar-refractivity contribution in [3.05, 3.63) is 36.0 Å². The second-order valence-corrected chi connectivity index (χ2v) is 10.3. The topological polar surface area (TPSA) is 82.9 Å². The Morgan fingerprint density at radius 2 is 2.15 bits per heavy atom. The Hall–Kier alpha value is -1.83. The highest BCUT2D eigenvalue weighted by molar-refractivity contribution is 7.99. The lowest BCUT2D eigenvalue weighted by Gasteiger charge is -2.38. The monoisotopic (exact) mass is 474 g/mol. The Morgan fingerprint density at radius 3 is 2.91 bits per heavy atom. The maximum absolute atomic E-state index is 11.5. The molecule has 0 spiro atoms. The van der Waals surface area contributed by atoms with Gasteiger partial charge in [0.25, 0.3) is 0 Å². The van der Waals surface area contributed by atoms with Gasteiger partial charge in [-0.05, 0) is 98.4 Å². The maximum atomic E-state index is 11.5. The number of carbonyl (C=O) groups is 1. The van der Waals surface area contributed by atoms with Crippen LogP contribution in [0.3, 0.4) is 0 Å². The highest BCUT2D eigenvalue weighted by Crippen LogP contribution is 2.34. The first-order valence-corrected chi connectivity index (χ1v) is 13.3. The molecule has 0 bridgehead atoms. The number of benzene rings is 1. The third-order valence-electron chi connectivity index (χ3n) is 6.68. The molecule has 33 heavy (non-hydrogen) atoms. The van der Waals surface area contributed by atoms with Crippen LogP contribution in [-0.2, 0) is 4.79 Å². The Kier molecular flexibility index (Phi) is 10.3. The number of likely N-dealkylation sites (tertiary alicyclic amines) is 1. The van der Waals surface area contributed by atoms with Gasteiger partial charge in [-0.15, -0.1) is 0 Å². The van der Waals surface area contributed by atoms with E-state index in [2.05, 4.69) is 16.8 Å². The number of carboxylic acid groups (broad SMARTS) is 1. The molecule has 0 saturated carbocycles. The zero-order chi connectivity index (χ0) is 23.6. The first-order chi connectivity index (χ1) is 16.0. The lowest BCUT2D eigenvalue weighted by molar-refractivity contribution is -0.139. The average Bonchev–Trinajstić information content (AvgIpc) is 2.82. The number of aliphatic carboxylic acids is 1. The van der Waals surface area contributed by atoms with Crippen molar-refractivity contribution in [3.8, 4) is 5.75 Å². The SMILES string of the molecule is CCCSCCCN1CC[C@@H](CCC(O)c2ccnc3ccc(OC)cc23)[C@@H](CC(=O)O)C1. The molecule has 6 nitrogen and oxygen atoms in total. The fourth-order valence-electron chi connectivity index (χ4n) is 4.92. The molecular weight excluding hydrogens is 436 g/mol. The van der Waals surface area contributed by atoms with Gasteiger partial charge in [0.05, 0.1) is 18.7 Å². The molecule has 2 aromatic rings. The number of nitrogens with zero attached hydrogens (tertiary/aromatic N) is 2. The summed E-state index contributed by atoms with van der Waals surface area (Å²) in [4.78, 5) is 18.4. The summed E-state index contributed by atoms with van der Waals surface area (Å²) in [7, 11) is 1.63. The van der Waals surface area contributed by atoms with Crippen molar-refractivity contribution in [2.24, 2.45) is 11.8 Å². The average molecular weight is 475 g/mol. The zero-order valence-electron chi connectivity index (χ0n) is 19.9. The first kappa shape index (κ1) is 25.8. The predicted octanol–water partition coefficient (Wildman–Crippen LogP) is 5.00. The van der Waals surface area contributed by atoms with Gasteiger partial charge in [0.1, 0.15) is 5.75 Å². The molecule has 0 aliphatic carbocycles. The molecule has 1 unspecified atom stereocenters. The molecule has 182 valence electrons. The smallest absolute Gasteiger partial charge is 0.303 e. The molecule has 1 aromatic heterocycles. The number of rotatable bonds is 13. The van der Waals surface area contributed by atoms with Gasteiger partial charge in [0.2, 0.25) is 0 Å². The van der Waals surface area contributed by atoms with Crippen LogP contribution in [-0.4, -0.2) is 64.3 Å². The van der Waals surface area contributed by atoms with Crippen molar-refractivity contribution >= 4 is 28.6 Å². The van der Waals surface area contributed by atoms with Crippen LogP contribution in [0, 0.1) is 11.8 Å². The molecular formula is C26H38N2O4S. The summed E-state index contributed by atoms with van der Waals surface area (Å²) in [5, 5.41) is 21.4. The summed E-state index contributed by atoms with van der Waals surface area (Å²) in [6, 6.07) is 7.58. The fraction of sp³-hybridized carbons (Fsp3) is 0.615. The number of piperidine rings is 1. The summed E-state index contributed by atoms with van der Waals surface area (Å²) < 4.78 is 5.35. The van der Waals surface area contributed by atoms with Gasteiger partial charge in [-0.2, -0.15) is 11.8 Å². The van der Waals surface area contributed by atoms with Gasteiger partial charge >= 0.3 is 5.97 Å². The molecule has 1 fully saturated rings. The largest absolute Gasteiger partial charge is 0.497 e. The first-order valence-electron chi connectivity index (χ1n) is 12.1. The Morgan fingerprint density at radius 1 is 1.30 bits per heavy atom. The zero-order valence-corrected chi connectivity index (χ0v) is 20.7. The Labute approximate surface area is 201 Å². The van der Waals surface area contributed by atoms with Crippen molar-refractivity contribution in [2.45, 2.75) is 51.6 Å². The van der Waals surface area contributed by atoms with Crippen molar-refractivity contribution in [1.29, 1.82) is 0 Å². The molecule has 3 rings (SSSR count). The third kappa shape index (κ3) is 7.59. The van der Waals surface area contributed by atoms with E-state index in [1.165, 1.54) is 17.9 Å². The van der Waals surface area contributed by atoms with Crippen LogP contribution < -0.4 is 4.74 Å². The lowest BCUT2D eigenvalue weighted by atomic mass is 9.79. The van der Waals surface area contributed by atoms with E-state index >= 15 is 0 Å². The van der Waals surface area contributed by atoms with E-state index in [-0.39, 0.29) is 12.3 Å². The van der Waals surface area contributed by atoms with E-state index in [4.69, 9.17) is 4.74 Å². The summed E-state index contributed by atoms with van der Waals surface area (Å²) >= 11 is 2.01. The molecule has 1 aliphatic heterocycles. The highest BCUT2D eigenvalue weighted by Gasteiger charge is 2.31. The third-order valence-corrected chi connectivity index (χ3v) is 7.95. The van der Waals surface area contributed by atoms with E-state index < -0.39 is 12.1 Å². The van der Waals surface area contributed by atoms with Gasteiger partial charge in [-0.25, -0.2) is 0 Å². The minimum Gasteiger partial charge on any atom is -0.497 e. The fourth-order valence-corrected chi connectivity index (χ4v) is 5.75. The number of pyridine rings is 1. The van der Waals surface area contributed by atoms with Gasteiger partial charge < -0.3 is 19.8 Å². The summed E-state index contributed by atoms with van der Waals surface area (Å²) in [6.45, 7) is 5.12. The molecule has 0 amide bonds.